The topological polar surface area (TPSA) is 54.7 Å². The molecule has 1 saturated heterocycles. The predicted molar refractivity (Wildman–Crippen MR) is 116 cm³/mol. The molecule has 148 valence electrons. The first-order valence-corrected chi connectivity index (χ1v) is 9.68. The maximum atomic E-state index is 5.55. The van der Waals surface area contributed by atoms with Gasteiger partial charge in [0, 0.05) is 52.3 Å². The van der Waals surface area contributed by atoms with Gasteiger partial charge in [-0.3, -0.25) is 4.99 Å². The minimum atomic E-state index is 0. The second kappa shape index (κ2) is 9.92. The lowest BCUT2D eigenvalue weighted by molar-refractivity contribution is 0.128. The summed E-state index contributed by atoms with van der Waals surface area (Å²) in [4.78, 5) is 11.2. The second-order valence-electron chi connectivity index (χ2n) is 7.64. The highest BCUT2D eigenvalue weighted by Gasteiger charge is 2.42. The van der Waals surface area contributed by atoms with E-state index in [1.54, 1.807) is 0 Å². The number of likely N-dealkylation sites (tertiary alicyclic amines) is 1. The lowest BCUT2D eigenvalue weighted by Gasteiger charge is -2.39. The largest absolute Gasteiger partial charge is 0.382 e. The molecule has 1 N–H and O–H groups in total. The molecule has 0 radical (unpaired) electrons. The Morgan fingerprint density at radius 2 is 2.23 bits per heavy atom. The number of aliphatic imine (C=N–C) groups is 1. The molecule has 2 aliphatic rings. The quantitative estimate of drug-likeness (QED) is 0.285. The van der Waals surface area contributed by atoms with Crippen molar-refractivity contribution in [3.63, 3.8) is 0 Å². The number of hydrogen-bond acceptors (Lipinski definition) is 3. The molecule has 0 amide bonds. The van der Waals surface area contributed by atoms with E-state index >= 15 is 0 Å². The van der Waals surface area contributed by atoms with Crippen LogP contribution in [0.3, 0.4) is 0 Å². The third-order valence-corrected chi connectivity index (χ3v) is 5.90. The van der Waals surface area contributed by atoms with Gasteiger partial charge in [0.1, 0.15) is 0 Å². The molecule has 26 heavy (non-hydrogen) atoms. The lowest BCUT2D eigenvalue weighted by atomic mass is 9.93. The minimum Gasteiger partial charge on any atom is -0.382 e. The van der Waals surface area contributed by atoms with E-state index in [1.807, 2.05) is 19.6 Å². The van der Waals surface area contributed by atoms with Gasteiger partial charge in [-0.25, -0.2) is 4.98 Å². The average molecular weight is 475 g/mol. The SMILES string of the molecule is CCOCCC1(CNC(=NC)N2CCC(C)C(n3ccnc3)C2)CC1.I. The maximum Gasteiger partial charge on any atom is 0.193 e. The molecule has 2 atom stereocenters. The lowest BCUT2D eigenvalue weighted by Crippen LogP contribution is -2.50. The molecule has 2 unspecified atom stereocenters. The summed E-state index contributed by atoms with van der Waals surface area (Å²) in [6.45, 7) is 9.15. The van der Waals surface area contributed by atoms with Crippen LogP contribution < -0.4 is 5.32 Å². The number of nitrogens with zero attached hydrogens (tertiary/aromatic N) is 4. The van der Waals surface area contributed by atoms with Crippen molar-refractivity contribution in [2.75, 3.05) is 39.9 Å². The average Bonchev–Trinajstić information content (AvgIpc) is 3.17. The first-order chi connectivity index (χ1) is 12.2. The Bertz CT molecular complexity index is 558. The molecule has 1 aromatic rings. The minimum absolute atomic E-state index is 0. The van der Waals surface area contributed by atoms with Crippen molar-refractivity contribution in [2.45, 2.75) is 45.6 Å². The molecule has 2 heterocycles. The third kappa shape index (κ3) is 5.34. The standard InChI is InChI=1S/C19H33N5O.HI/c1-4-25-12-8-19(6-7-19)14-22-18(20-3)23-10-5-16(2)17(13-23)24-11-9-21-15-24;/h9,11,15-17H,4-8,10,12-14H2,1-3H3,(H,20,22);1H. The zero-order valence-corrected chi connectivity index (χ0v) is 18.7. The van der Waals surface area contributed by atoms with Gasteiger partial charge in [0.25, 0.3) is 0 Å². The molecule has 1 aromatic heterocycles. The number of nitrogens with one attached hydrogen (secondary N) is 1. The van der Waals surface area contributed by atoms with Gasteiger partial charge in [0.05, 0.1) is 12.4 Å². The van der Waals surface area contributed by atoms with E-state index in [-0.39, 0.29) is 24.0 Å². The van der Waals surface area contributed by atoms with E-state index in [0.29, 0.717) is 17.4 Å². The van der Waals surface area contributed by atoms with Crippen LogP contribution in [0.4, 0.5) is 0 Å². The summed E-state index contributed by atoms with van der Waals surface area (Å²) >= 11 is 0. The van der Waals surface area contributed by atoms with Crippen LogP contribution in [0.2, 0.25) is 0 Å². The smallest absolute Gasteiger partial charge is 0.193 e. The number of ether oxygens (including phenoxy) is 1. The van der Waals surface area contributed by atoms with Gasteiger partial charge in [0.15, 0.2) is 5.96 Å². The molecule has 6 nitrogen and oxygen atoms in total. The number of halogens is 1. The molecule has 1 aliphatic carbocycles. The van der Waals surface area contributed by atoms with Gasteiger partial charge in [-0.2, -0.15) is 0 Å². The molecular formula is C19H34IN5O. The molecule has 2 fully saturated rings. The van der Waals surface area contributed by atoms with Crippen LogP contribution in [0, 0.1) is 11.3 Å². The van der Waals surface area contributed by atoms with Gasteiger partial charge >= 0.3 is 0 Å². The van der Waals surface area contributed by atoms with E-state index in [4.69, 9.17) is 4.74 Å². The Morgan fingerprint density at radius 3 is 2.85 bits per heavy atom. The third-order valence-electron chi connectivity index (χ3n) is 5.90. The Kier molecular flexibility index (Phi) is 8.19. The predicted octanol–water partition coefficient (Wildman–Crippen LogP) is 3.17. The summed E-state index contributed by atoms with van der Waals surface area (Å²) in [6.07, 6.45) is 10.8. The highest BCUT2D eigenvalue weighted by molar-refractivity contribution is 14.0. The van der Waals surface area contributed by atoms with Crippen molar-refractivity contribution in [2.24, 2.45) is 16.3 Å². The molecule has 3 rings (SSSR count). The van der Waals surface area contributed by atoms with Crippen LogP contribution in [0.15, 0.2) is 23.7 Å². The summed E-state index contributed by atoms with van der Waals surface area (Å²) in [5.74, 6) is 1.70. The molecule has 7 heteroatoms. The van der Waals surface area contributed by atoms with E-state index in [1.165, 1.54) is 19.3 Å². The maximum absolute atomic E-state index is 5.55. The Labute approximate surface area is 174 Å². The Balaban J connectivity index is 0.00000243. The van der Waals surface area contributed by atoms with Crippen LogP contribution in [-0.2, 0) is 4.74 Å². The molecule has 0 spiro atoms. The van der Waals surface area contributed by atoms with E-state index < -0.39 is 0 Å². The summed E-state index contributed by atoms with van der Waals surface area (Å²) in [7, 11) is 1.90. The van der Waals surface area contributed by atoms with Crippen LogP contribution >= 0.6 is 24.0 Å². The van der Waals surface area contributed by atoms with Gasteiger partial charge in [0.2, 0.25) is 0 Å². The number of hydrogen-bond donors (Lipinski definition) is 1. The van der Waals surface area contributed by atoms with Crippen molar-refractivity contribution >= 4 is 29.9 Å². The van der Waals surface area contributed by atoms with E-state index in [0.717, 1.165) is 45.2 Å². The fraction of sp³-hybridized carbons (Fsp3) is 0.789. The molecule has 0 aromatic carbocycles. The number of imidazole rings is 1. The van der Waals surface area contributed by atoms with Crippen molar-refractivity contribution in [1.29, 1.82) is 0 Å². The van der Waals surface area contributed by atoms with Crippen molar-refractivity contribution in [3.8, 4) is 0 Å². The number of guanidine groups is 1. The highest BCUT2D eigenvalue weighted by atomic mass is 127. The first kappa shape index (κ1) is 21.5. The normalized spacial score (nSPS) is 24.9. The van der Waals surface area contributed by atoms with Gasteiger partial charge < -0.3 is 19.5 Å². The van der Waals surface area contributed by atoms with E-state index in [2.05, 4.69) is 44.8 Å². The van der Waals surface area contributed by atoms with Gasteiger partial charge in [-0.15, -0.1) is 24.0 Å². The fourth-order valence-electron chi connectivity index (χ4n) is 3.82. The monoisotopic (exact) mass is 475 g/mol. The van der Waals surface area contributed by atoms with Crippen LogP contribution in [0.1, 0.15) is 45.6 Å². The number of rotatable bonds is 7. The molecule has 1 saturated carbocycles. The van der Waals surface area contributed by atoms with Crippen LogP contribution in [0.25, 0.3) is 0 Å². The summed E-state index contributed by atoms with van der Waals surface area (Å²) in [5, 5.41) is 3.64. The van der Waals surface area contributed by atoms with Gasteiger partial charge in [-0.1, -0.05) is 6.92 Å². The Morgan fingerprint density at radius 1 is 1.42 bits per heavy atom. The highest BCUT2D eigenvalue weighted by Crippen LogP contribution is 2.48. The molecule has 0 bridgehead atoms. The van der Waals surface area contributed by atoms with Gasteiger partial charge in [-0.05, 0) is 43.9 Å². The Hall–Kier alpha value is -0.830. The van der Waals surface area contributed by atoms with Crippen molar-refractivity contribution in [3.05, 3.63) is 18.7 Å². The van der Waals surface area contributed by atoms with Crippen LogP contribution in [-0.4, -0.2) is 60.3 Å². The van der Waals surface area contributed by atoms with E-state index in [9.17, 15) is 0 Å². The number of piperidine rings is 1. The second-order valence-corrected chi connectivity index (χ2v) is 7.64. The molecular weight excluding hydrogens is 441 g/mol. The summed E-state index contributed by atoms with van der Waals surface area (Å²) in [6, 6.07) is 0.461. The van der Waals surface area contributed by atoms with Crippen molar-refractivity contribution < 1.29 is 4.74 Å². The van der Waals surface area contributed by atoms with Crippen LogP contribution in [0.5, 0.6) is 0 Å². The summed E-state index contributed by atoms with van der Waals surface area (Å²) < 4.78 is 7.79. The van der Waals surface area contributed by atoms with Crippen molar-refractivity contribution in [1.82, 2.24) is 19.8 Å². The zero-order valence-electron chi connectivity index (χ0n) is 16.4. The molecule has 1 aliphatic heterocycles. The number of aromatic nitrogens is 2. The fourth-order valence-corrected chi connectivity index (χ4v) is 3.82. The summed E-state index contributed by atoms with van der Waals surface area (Å²) in [5.41, 5.74) is 0.429. The first-order valence-electron chi connectivity index (χ1n) is 9.68. The zero-order chi connectivity index (χ0) is 17.7.